The van der Waals surface area contributed by atoms with Gasteiger partial charge >= 0.3 is 6.09 Å². The number of aromatic nitrogens is 2. The van der Waals surface area contributed by atoms with Crippen molar-refractivity contribution in [3.63, 3.8) is 0 Å². The molecule has 0 N–H and O–H groups in total. The minimum absolute atomic E-state index is 0.260. The maximum atomic E-state index is 13.3. The third kappa shape index (κ3) is 5.89. The molecule has 0 bridgehead atoms. The second-order valence-corrected chi connectivity index (χ2v) is 9.36. The lowest BCUT2D eigenvalue weighted by Crippen LogP contribution is -2.37. The minimum atomic E-state index is -0.627. The lowest BCUT2D eigenvalue weighted by molar-refractivity contribution is 0.0577. The highest BCUT2D eigenvalue weighted by atomic mass is 16.6. The summed E-state index contributed by atoms with van der Waals surface area (Å²) in [6.45, 7) is 13.8. The fraction of sp³-hybridized carbons (Fsp3) is 0.370. The normalized spacial score (nSPS) is 11.3. The van der Waals surface area contributed by atoms with E-state index in [2.05, 4.69) is 16.0 Å². The lowest BCUT2D eigenvalue weighted by atomic mass is 10.0. The highest BCUT2D eigenvalue weighted by Crippen LogP contribution is 2.31. The zero-order valence-electron chi connectivity index (χ0n) is 20.8. The van der Waals surface area contributed by atoms with Gasteiger partial charge in [0.15, 0.2) is 0 Å². The first-order valence-corrected chi connectivity index (χ1v) is 11.0. The first kappa shape index (κ1) is 24.2. The van der Waals surface area contributed by atoms with Crippen molar-refractivity contribution in [1.82, 2.24) is 9.97 Å². The van der Waals surface area contributed by atoms with Crippen LogP contribution in [0.4, 0.5) is 10.5 Å². The van der Waals surface area contributed by atoms with Crippen LogP contribution in [0.3, 0.4) is 0 Å². The number of anilines is 1. The third-order valence-corrected chi connectivity index (χ3v) is 5.28. The van der Waals surface area contributed by atoms with E-state index in [0.717, 1.165) is 50.6 Å². The van der Waals surface area contributed by atoms with E-state index >= 15 is 0 Å². The van der Waals surface area contributed by atoms with Crippen LogP contribution in [-0.2, 0) is 11.3 Å². The smallest absolute Gasteiger partial charge is 0.415 e. The summed E-state index contributed by atoms with van der Waals surface area (Å²) in [6, 6.07) is 10.1. The molecule has 174 valence electrons. The van der Waals surface area contributed by atoms with Gasteiger partial charge in [-0.3, -0.25) is 14.9 Å². The van der Waals surface area contributed by atoms with Gasteiger partial charge in [-0.15, -0.1) is 0 Å². The van der Waals surface area contributed by atoms with Crippen molar-refractivity contribution in [3.05, 3.63) is 70.8 Å². The summed E-state index contributed by atoms with van der Waals surface area (Å²) in [4.78, 5) is 23.9. The molecule has 0 radical (unpaired) electrons. The quantitative estimate of drug-likeness (QED) is 0.457. The summed E-state index contributed by atoms with van der Waals surface area (Å²) < 4.78 is 11.3. The van der Waals surface area contributed by atoms with Crippen LogP contribution in [0.5, 0.6) is 5.75 Å². The first-order chi connectivity index (χ1) is 15.5. The Morgan fingerprint density at radius 3 is 2.36 bits per heavy atom. The van der Waals surface area contributed by atoms with Gasteiger partial charge in [0.05, 0.1) is 19.3 Å². The zero-order chi connectivity index (χ0) is 24.3. The Morgan fingerprint density at radius 1 is 1.00 bits per heavy atom. The molecule has 1 aromatic carbocycles. The Morgan fingerprint density at radius 2 is 1.73 bits per heavy atom. The summed E-state index contributed by atoms with van der Waals surface area (Å²) in [6.07, 6.45) is 3.14. The van der Waals surface area contributed by atoms with Crippen LogP contribution in [0.2, 0.25) is 0 Å². The molecular formula is C27H33N3O3. The van der Waals surface area contributed by atoms with Gasteiger partial charge in [0, 0.05) is 34.9 Å². The van der Waals surface area contributed by atoms with Gasteiger partial charge in [-0.2, -0.15) is 0 Å². The van der Waals surface area contributed by atoms with E-state index in [-0.39, 0.29) is 6.54 Å². The Hall–Kier alpha value is -3.41. The Balaban J connectivity index is 2.10. The molecule has 0 aliphatic rings. The van der Waals surface area contributed by atoms with Crippen molar-refractivity contribution >= 4 is 11.8 Å². The SMILES string of the molecule is COc1c(C)cnc(CN(C(=O)OC(C)(C)C)c2cc(C)cc(-c3ccnc(C)c3)c2)c1C. The Labute approximate surface area is 196 Å². The van der Waals surface area contributed by atoms with Crippen molar-refractivity contribution in [2.45, 2.75) is 60.6 Å². The molecule has 2 heterocycles. The molecule has 0 spiro atoms. The number of ether oxygens (including phenoxy) is 2. The van der Waals surface area contributed by atoms with Crippen molar-refractivity contribution in [3.8, 4) is 16.9 Å². The standard InChI is InChI=1S/C27H33N3O3/c1-17-11-22(21-9-10-28-19(3)13-21)14-23(12-17)30(26(31)33-27(5,6)7)16-24-20(4)25(32-8)18(2)15-29-24/h9-15H,16H2,1-8H3. The number of hydrogen-bond donors (Lipinski definition) is 0. The predicted molar refractivity (Wildman–Crippen MR) is 132 cm³/mol. The van der Waals surface area contributed by atoms with Crippen LogP contribution in [0.25, 0.3) is 11.1 Å². The van der Waals surface area contributed by atoms with Gasteiger partial charge in [-0.1, -0.05) is 6.07 Å². The molecule has 0 atom stereocenters. The van der Waals surface area contributed by atoms with E-state index < -0.39 is 11.7 Å². The monoisotopic (exact) mass is 447 g/mol. The van der Waals surface area contributed by atoms with Crippen molar-refractivity contribution in [2.75, 3.05) is 12.0 Å². The number of aryl methyl sites for hydroxylation is 3. The van der Waals surface area contributed by atoms with Crippen LogP contribution >= 0.6 is 0 Å². The molecule has 3 aromatic rings. The van der Waals surface area contributed by atoms with E-state index in [4.69, 9.17) is 9.47 Å². The molecule has 1 amide bonds. The van der Waals surface area contributed by atoms with Crippen LogP contribution in [-0.4, -0.2) is 28.8 Å². The maximum absolute atomic E-state index is 13.3. The highest BCUT2D eigenvalue weighted by molar-refractivity contribution is 5.89. The molecule has 33 heavy (non-hydrogen) atoms. The van der Waals surface area contributed by atoms with Crippen molar-refractivity contribution in [2.24, 2.45) is 0 Å². The predicted octanol–water partition coefficient (Wildman–Crippen LogP) is 6.33. The summed E-state index contributed by atoms with van der Waals surface area (Å²) in [7, 11) is 1.65. The van der Waals surface area contributed by atoms with Gasteiger partial charge in [0.1, 0.15) is 11.4 Å². The number of hydrogen-bond acceptors (Lipinski definition) is 5. The van der Waals surface area contributed by atoms with Gasteiger partial charge < -0.3 is 9.47 Å². The molecule has 0 saturated heterocycles. The lowest BCUT2D eigenvalue weighted by Gasteiger charge is -2.28. The minimum Gasteiger partial charge on any atom is -0.496 e. The molecule has 6 nitrogen and oxygen atoms in total. The number of methoxy groups -OCH3 is 1. The molecule has 2 aromatic heterocycles. The van der Waals surface area contributed by atoms with Gasteiger partial charge in [-0.05, 0) is 89.4 Å². The van der Waals surface area contributed by atoms with E-state index in [1.165, 1.54) is 0 Å². The summed E-state index contributed by atoms with van der Waals surface area (Å²) in [5, 5.41) is 0. The third-order valence-electron chi connectivity index (χ3n) is 5.28. The highest BCUT2D eigenvalue weighted by Gasteiger charge is 2.26. The molecule has 0 saturated carbocycles. The molecular weight excluding hydrogens is 414 g/mol. The first-order valence-electron chi connectivity index (χ1n) is 11.0. The van der Waals surface area contributed by atoms with E-state index in [0.29, 0.717) is 0 Å². The fourth-order valence-corrected chi connectivity index (χ4v) is 3.77. The van der Waals surface area contributed by atoms with Crippen LogP contribution < -0.4 is 9.64 Å². The average molecular weight is 448 g/mol. The maximum Gasteiger partial charge on any atom is 0.415 e. The van der Waals surface area contributed by atoms with Crippen molar-refractivity contribution < 1.29 is 14.3 Å². The van der Waals surface area contributed by atoms with E-state index in [1.54, 1.807) is 24.4 Å². The number of carbonyl (C=O) groups is 1. The topological polar surface area (TPSA) is 64.5 Å². The number of rotatable bonds is 5. The number of nitrogens with zero attached hydrogens (tertiary/aromatic N) is 3. The molecule has 0 aliphatic carbocycles. The van der Waals surface area contributed by atoms with Crippen LogP contribution in [0.15, 0.2) is 42.7 Å². The fourth-order valence-electron chi connectivity index (χ4n) is 3.77. The van der Waals surface area contributed by atoms with Gasteiger partial charge in [0.25, 0.3) is 0 Å². The molecule has 0 fully saturated rings. The van der Waals surface area contributed by atoms with Gasteiger partial charge in [0.2, 0.25) is 0 Å². The number of pyridine rings is 2. The largest absolute Gasteiger partial charge is 0.496 e. The Kier molecular flexibility index (Phi) is 7.06. The van der Waals surface area contributed by atoms with E-state index in [9.17, 15) is 4.79 Å². The summed E-state index contributed by atoms with van der Waals surface area (Å²) in [5.74, 6) is 0.779. The number of amides is 1. The van der Waals surface area contributed by atoms with Crippen LogP contribution in [0, 0.1) is 27.7 Å². The van der Waals surface area contributed by atoms with Crippen molar-refractivity contribution in [1.29, 1.82) is 0 Å². The summed E-state index contributed by atoms with van der Waals surface area (Å²) >= 11 is 0. The molecule has 0 unspecified atom stereocenters. The molecule has 0 aliphatic heterocycles. The zero-order valence-corrected chi connectivity index (χ0v) is 20.8. The Bertz CT molecular complexity index is 1170. The second-order valence-electron chi connectivity index (χ2n) is 9.36. The van der Waals surface area contributed by atoms with Crippen LogP contribution in [0.1, 0.15) is 48.8 Å². The van der Waals surface area contributed by atoms with E-state index in [1.807, 2.05) is 72.7 Å². The second kappa shape index (κ2) is 9.61. The van der Waals surface area contributed by atoms with Gasteiger partial charge in [-0.25, -0.2) is 4.79 Å². The number of benzene rings is 1. The number of carbonyl (C=O) groups excluding carboxylic acids is 1. The molecule has 6 heteroatoms. The average Bonchev–Trinajstić information content (AvgIpc) is 2.72. The molecule has 3 rings (SSSR count). The summed E-state index contributed by atoms with van der Waals surface area (Å²) in [5.41, 5.74) is 6.76.